The van der Waals surface area contributed by atoms with Crippen molar-refractivity contribution in [2.75, 3.05) is 46.4 Å². The van der Waals surface area contributed by atoms with Gasteiger partial charge in [0, 0.05) is 42.0 Å². The first-order valence-corrected chi connectivity index (χ1v) is 10.2. The lowest BCUT2D eigenvalue weighted by Crippen LogP contribution is -2.49. The number of hydrogen-bond donors (Lipinski definition) is 3. The SMILES string of the molecule is CN=C(NCC(=O)NC(C)(C)C)NCC(c1ccc(C)s1)N1CCOCC1. The number of aliphatic imine (C=N–C) groups is 1. The fraction of sp³-hybridized carbons (Fsp3) is 0.684. The lowest BCUT2D eigenvalue weighted by atomic mass is 10.1. The molecular formula is C19H33N5O2S. The van der Waals surface area contributed by atoms with Crippen molar-refractivity contribution in [2.45, 2.75) is 39.3 Å². The quantitative estimate of drug-likeness (QED) is 0.503. The van der Waals surface area contributed by atoms with Crippen LogP contribution in [0.2, 0.25) is 0 Å². The highest BCUT2D eigenvalue weighted by Crippen LogP contribution is 2.27. The molecule has 152 valence electrons. The molecule has 1 amide bonds. The maximum atomic E-state index is 12.0. The molecule has 1 aliphatic heterocycles. The van der Waals surface area contributed by atoms with Crippen LogP contribution in [0, 0.1) is 6.92 Å². The van der Waals surface area contributed by atoms with Crippen LogP contribution in [0.3, 0.4) is 0 Å². The van der Waals surface area contributed by atoms with E-state index in [1.807, 2.05) is 32.1 Å². The van der Waals surface area contributed by atoms with Crippen LogP contribution in [0.1, 0.15) is 36.6 Å². The predicted octanol–water partition coefficient (Wildman–Crippen LogP) is 1.51. The number of guanidine groups is 1. The lowest BCUT2D eigenvalue weighted by molar-refractivity contribution is -0.121. The molecule has 8 heteroatoms. The first-order chi connectivity index (χ1) is 12.8. The van der Waals surface area contributed by atoms with E-state index < -0.39 is 0 Å². The monoisotopic (exact) mass is 395 g/mol. The van der Waals surface area contributed by atoms with Crippen LogP contribution in [0.25, 0.3) is 0 Å². The van der Waals surface area contributed by atoms with E-state index in [2.05, 4.69) is 44.9 Å². The molecule has 2 heterocycles. The first-order valence-electron chi connectivity index (χ1n) is 9.42. The van der Waals surface area contributed by atoms with Crippen LogP contribution >= 0.6 is 11.3 Å². The molecule has 1 aromatic rings. The van der Waals surface area contributed by atoms with Crippen molar-refractivity contribution in [3.05, 3.63) is 21.9 Å². The third kappa shape index (κ3) is 7.48. The number of amides is 1. The molecule has 1 aromatic heterocycles. The summed E-state index contributed by atoms with van der Waals surface area (Å²) in [5.41, 5.74) is -0.242. The van der Waals surface area contributed by atoms with Gasteiger partial charge in [-0.25, -0.2) is 0 Å². The van der Waals surface area contributed by atoms with E-state index in [1.165, 1.54) is 9.75 Å². The fourth-order valence-electron chi connectivity index (χ4n) is 2.97. The highest BCUT2D eigenvalue weighted by molar-refractivity contribution is 7.12. The van der Waals surface area contributed by atoms with E-state index >= 15 is 0 Å². The van der Waals surface area contributed by atoms with Gasteiger partial charge in [-0.2, -0.15) is 0 Å². The summed E-state index contributed by atoms with van der Waals surface area (Å²) in [6.07, 6.45) is 0. The summed E-state index contributed by atoms with van der Waals surface area (Å²) in [7, 11) is 1.72. The van der Waals surface area contributed by atoms with Crippen LogP contribution in [0.4, 0.5) is 0 Å². The smallest absolute Gasteiger partial charge is 0.239 e. The van der Waals surface area contributed by atoms with Crippen molar-refractivity contribution >= 4 is 23.2 Å². The molecule has 1 saturated heterocycles. The Hall–Kier alpha value is -1.64. The molecule has 2 rings (SSSR count). The first kappa shape index (κ1) is 21.7. The highest BCUT2D eigenvalue weighted by atomic mass is 32.1. The number of hydrogen-bond acceptors (Lipinski definition) is 5. The Morgan fingerprint density at radius 2 is 2.00 bits per heavy atom. The molecule has 1 fully saturated rings. The van der Waals surface area contributed by atoms with Crippen LogP contribution in [0.5, 0.6) is 0 Å². The van der Waals surface area contributed by atoms with Gasteiger partial charge in [0.2, 0.25) is 5.91 Å². The van der Waals surface area contributed by atoms with Gasteiger partial charge >= 0.3 is 0 Å². The van der Waals surface area contributed by atoms with E-state index in [4.69, 9.17) is 4.74 Å². The molecule has 7 nitrogen and oxygen atoms in total. The van der Waals surface area contributed by atoms with Gasteiger partial charge in [0.15, 0.2) is 5.96 Å². The summed E-state index contributed by atoms with van der Waals surface area (Å²) < 4.78 is 5.50. The molecule has 0 aliphatic carbocycles. The van der Waals surface area contributed by atoms with Crippen molar-refractivity contribution in [1.29, 1.82) is 0 Å². The van der Waals surface area contributed by atoms with Gasteiger partial charge in [0.05, 0.1) is 25.8 Å². The number of carbonyl (C=O) groups excluding carboxylic acids is 1. The number of rotatable bonds is 6. The third-order valence-corrected chi connectivity index (χ3v) is 5.30. The number of nitrogens with zero attached hydrogens (tertiary/aromatic N) is 2. The molecule has 0 aromatic carbocycles. The topological polar surface area (TPSA) is 78.0 Å². The van der Waals surface area contributed by atoms with E-state index in [1.54, 1.807) is 7.05 Å². The van der Waals surface area contributed by atoms with Gasteiger partial charge in [0.25, 0.3) is 0 Å². The van der Waals surface area contributed by atoms with Gasteiger partial charge < -0.3 is 20.7 Å². The molecule has 0 saturated carbocycles. The number of thiophene rings is 1. The summed E-state index contributed by atoms with van der Waals surface area (Å²) in [6.45, 7) is 12.3. The minimum Gasteiger partial charge on any atom is -0.379 e. The van der Waals surface area contributed by atoms with Gasteiger partial charge in [-0.3, -0.25) is 14.7 Å². The number of ether oxygens (including phenoxy) is 1. The minimum atomic E-state index is -0.242. The Morgan fingerprint density at radius 1 is 1.30 bits per heavy atom. The van der Waals surface area contributed by atoms with Crippen LogP contribution in [-0.4, -0.2) is 68.7 Å². The van der Waals surface area contributed by atoms with Gasteiger partial charge in [-0.15, -0.1) is 11.3 Å². The summed E-state index contributed by atoms with van der Waals surface area (Å²) in [6, 6.07) is 4.63. The van der Waals surface area contributed by atoms with Crippen molar-refractivity contribution in [3.8, 4) is 0 Å². The van der Waals surface area contributed by atoms with Crippen molar-refractivity contribution in [2.24, 2.45) is 4.99 Å². The normalized spacial score (nSPS) is 17.4. The second-order valence-corrected chi connectivity index (χ2v) is 9.04. The number of aryl methyl sites for hydroxylation is 1. The van der Waals surface area contributed by atoms with Crippen molar-refractivity contribution < 1.29 is 9.53 Å². The molecule has 0 radical (unpaired) electrons. The maximum Gasteiger partial charge on any atom is 0.239 e. The molecule has 1 unspecified atom stereocenters. The largest absolute Gasteiger partial charge is 0.379 e. The Balaban J connectivity index is 1.93. The summed E-state index contributed by atoms with van der Waals surface area (Å²) in [4.78, 5) is 21.4. The summed E-state index contributed by atoms with van der Waals surface area (Å²) >= 11 is 1.83. The summed E-state index contributed by atoms with van der Waals surface area (Å²) in [5.74, 6) is 0.578. The van der Waals surface area contributed by atoms with Crippen molar-refractivity contribution in [1.82, 2.24) is 20.9 Å². The molecule has 27 heavy (non-hydrogen) atoms. The highest BCUT2D eigenvalue weighted by Gasteiger charge is 2.24. The zero-order valence-electron chi connectivity index (χ0n) is 17.1. The van der Waals surface area contributed by atoms with Gasteiger partial charge in [-0.05, 0) is 39.8 Å². The second kappa shape index (κ2) is 10.1. The predicted molar refractivity (Wildman–Crippen MR) is 111 cm³/mol. The molecule has 0 bridgehead atoms. The minimum absolute atomic E-state index is 0.0518. The standard InChI is InChI=1S/C19H33N5O2S/c1-14-6-7-16(27-14)15(24-8-10-26-11-9-24)12-21-18(20-5)22-13-17(25)23-19(2,3)4/h6-7,15H,8-13H2,1-5H3,(H,23,25)(H2,20,21,22). The number of carbonyl (C=O) groups is 1. The van der Waals surface area contributed by atoms with E-state index in [0.717, 1.165) is 32.8 Å². The average Bonchev–Trinajstić information content (AvgIpc) is 3.03. The fourth-order valence-corrected chi connectivity index (χ4v) is 3.98. The van der Waals surface area contributed by atoms with Crippen LogP contribution in [0.15, 0.2) is 17.1 Å². The zero-order chi connectivity index (χ0) is 19.9. The van der Waals surface area contributed by atoms with Gasteiger partial charge in [0.1, 0.15) is 0 Å². The lowest BCUT2D eigenvalue weighted by Gasteiger charge is -2.34. The van der Waals surface area contributed by atoms with Crippen LogP contribution in [-0.2, 0) is 9.53 Å². The maximum absolute atomic E-state index is 12.0. The van der Waals surface area contributed by atoms with Crippen molar-refractivity contribution in [3.63, 3.8) is 0 Å². The van der Waals surface area contributed by atoms with Crippen LogP contribution < -0.4 is 16.0 Å². The van der Waals surface area contributed by atoms with E-state index in [9.17, 15) is 4.79 Å². The molecule has 1 aliphatic rings. The van der Waals surface area contributed by atoms with Gasteiger partial charge in [-0.1, -0.05) is 0 Å². The Labute approximate surface area is 166 Å². The Bertz CT molecular complexity index is 632. The molecule has 3 N–H and O–H groups in total. The third-order valence-electron chi connectivity index (χ3n) is 4.19. The van der Waals surface area contributed by atoms with E-state index in [0.29, 0.717) is 5.96 Å². The summed E-state index contributed by atoms with van der Waals surface area (Å²) in [5, 5.41) is 9.41. The Morgan fingerprint density at radius 3 is 2.56 bits per heavy atom. The Kier molecular flexibility index (Phi) is 8.07. The number of morpholine rings is 1. The molecule has 1 atom stereocenters. The average molecular weight is 396 g/mol. The van der Waals surface area contributed by atoms with E-state index in [-0.39, 0.29) is 24.0 Å². The number of nitrogens with one attached hydrogen (secondary N) is 3. The zero-order valence-corrected chi connectivity index (χ0v) is 17.9. The molecule has 0 spiro atoms. The molecular weight excluding hydrogens is 362 g/mol. The second-order valence-electron chi connectivity index (χ2n) is 7.72.